The predicted molar refractivity (Wildman–Crippen MR) is 96.5 cm³/mol. The maximum absolute atomic E-state index is 8.36. The van der Waals surface area contributed by atoms with E-state index in [2.05, 4.69) is 27.8 Å². The molecule has 1 N–H and O–H groups in total. The highest BCUT2D eigenvalue weighted by molar-refractivity contribution is 6.30. The van der Waals surface area contributed by atoms with Crippen molar-refractivity contribution in [1.29, 1.82) is 0 Å². The zero-order valence-corrected chi connectivity index (χ0v) is 14.6. The van der Waals surface area contributed by atoms with Crippen molar-refractivity contribution in [2.45, 2.75) is 19.8 Å². The number of rotatable bonds is 6. The fourth-order valence-corrected chi connectivity index (χ4v) is 2.41. The van der Waals surface area contributed by atoms with Crippen LogP contribution in [0.2, 0.25) is 5.02 Å². The SMILES string of the molecule is Clc1ccc(COCc2ccccc2Cn2ccnc2)cc1.O=[N+]([O-])O. The molecule has 8 heteroatoms. The van der Waals surface area contributed by atoms with Crippen LogP contribution in [0.4, 0.5) is 0 Å². The van der Waals surface area contributed by atoms with Gasteiger partial charge in [0.1, 0.15) is 0 Å². The van der Waals surface area contributed by atoms with Crippen LogP contribution in [0.3, 0.4) is 0 Å². The van der Waals surface area contributed by atoms with Gasteiger partial charge in [-0.15, -0.1) is 10.1 Å². The van der Waals surface area contributed by atoms with Gasteiger partial charge in [-0.2, -0.15) is 0 Å². The summed E-state index contributed by atoms with van der Waals surface area (Å²) >= 11 is 5.88. The first-order chi connectivity index (χ1) is 12.5. The van der Waals surface area contributed by atoms with E-state index in [0.717, 1.165) is 17.1 Å². The number of halogens is 1. The van der Waals surface area contributed by atoms with Gasteiger partial charge in [0, 0.05) is 24.0 Å². The summed E-state index contributed by atoms with van der Waals surface area (Å²) in [5, 5.41) is 14.4. The zero-order valence-electron chi connectivity index (χ0n) is 13.9. The van der Waals surface area contributed by atoms with Crippen LogP contribution in [0.25, 0.3) is 0 Å². The molecular weight excluding hydrogens is 358 g/mol. The third-order valence-corrected chi connectivity index (χ3v) is 3.72. The first-order valence-electron chi connectivity index (χ1n) is 7.72. The molecule has 0 bridgehead atoms. The largest absolute Gasteiger partial charge is 0.372 e. The van der Waals surface area contributed by atoms with Gasteiger partial charge in [0.15, 0.2) is 0 Å². The summed E-state index contributed by atoms with van der Waals surface area (Å²) in [6.45, 7) is 1.98. The molecule has 7 nitrogen and oxygen atoms in total. The van der Waals surface area contributed by atoms with Crippen LogP contribution in [0, 0.1) is 10.1 Å². The summed E-state index contributed by atoms with van der Waals surface area (Å²) < 4.78 is 7.89. The number of imidazole rings is 1. The molecule has 0 saturated carbocycles. The second kappa shape index (κ2) is 10.2. The van der Waals surface area contributed by atoms with Crippen LogP contribution >= 0.6 is 11.6 Å². The van der Waals surface area contributed by atoms with Gasteiger partial charge in [0.2, 0.25) is 0 Å². The quantitative estimate of drug-likeness (QED) is 0.520. The Morgan fingerprint density at radius 2 is 1.77 bits per heavy atom. The maximum Gasteiger partial charge on any atom is 0.291 e. The normalized spacial score (nSPS) is 10.0. The van der Waals surface area contributed by atoms with Crippen molar-refractivity contribution in [1.82, 2.24) is 9.55 Å². The van der Waals surface area contributed by atoms with Crippen molar-refractivity contribution in [2.24, 2.45) is 0 Å². The molecule has 0 unspecified atom stereocenters. The fourth-order valence-electron chi connectivity index (χ4n) is 2.29. The first kappa shape index (κ1) is 19.4. The Morgan fingerprint density at radius 3 is 2.38 bits per heavy atom. The van der Waals surface area contributed by atoms with E-state index in [1.54, 1.807) is 6.20 Å². The summed E-state index contributed by atoms with van der Waals surface area (Å²) in [5.74, 6) is 0. The molecule has 0 spiro atoms. The highest BCUT2D eigenvalue weighted by Crippen LogP contribution is 2.14. The van der Waals surface area contributed by atoms with E-state index in [1.165, 1.54) is 11.1 Å². The molecule has 0 aliphatic carbocycles. The Kier molecular flexibility index (Phi) is 7.60. The van der Waals surface area contributed by atoms with Crippen LogP contribution < -0.4 is 0 Å². The number of hydrogen-bond donors (Lipinski definition) is 1. The molecule has 3 aromatic rings. The smallest absolute Gasteiger partial charge is 0.291 e. The molecule has 3 rings (SSSR count). The average molecular weight is 376 g/mol. The number of benzene rings is 2. The lowest BCUT2D eigenvalue weighted by Crippen LogP contribution is -2.03. The molecule has 26 heavy (non-hydrogen) atoms. The number of nitrogens with zero attached hydrogens (tertiary/aromatic N) is 3. The first-order valence-corrected chi connectivity index (χ1v) is 8.10. The highest BCUT2D eigenvalue weighted by atomic mass is 35.5. The minimum Gasteiger partial charge on any atom is -0.372 e. The van der Waals surface area contributed by atoms with Crippen LogP contribution in [-0.4, -0.2) is 19.8 Å². The van der Waals surface area contributed by atoms with Gasteiger partial charge < -0.3 is 14.5 Å². The minimum atomic E-state index is -1.50. The van der Waals surface area contributed by atoms with Gasteiger partial charge in [-0.25, -0.2) is 4.98 Å². The van der Waals surface area contributed by atoms with Crippen LogP contribution in [0.5, 0.6) is 0 Å². The average Bonchev–Trinajstić information content (AvgIpc) is 3.11. The van der Waals surface area contributed by atoms with Crippen LogP contribution in [0.1, 0.15) is 16.7 Å². The predicted octanol–water partition coefficient (Wildman–Crippen LogP) is 3.95. The molecule has 0 radical (unpaired) electrons. The Bertz CT molecular complexity index is 804. The number of hydrogen-bond acceptors (Lipinski definition) is 4. The molecule has 1 heterocycles. The van der Waals surface area contributed by atoms with Crippen molar-refractivity contribution >= 4 is 11.6 Å². The Morgan fingerprint density at radius 1 is 1.12 bits per heavy atom. The lowest BCUT2D eigenvalue weighted by Gasteiger charge is -2.11. The number of aromatic nitrogens is 2. The Hall–Kier alpha value is -2.90. The van der Waals surface area contributed by atoms with Gasteiger partial charge in [-0.1, -0.05) is 48.0 Å². The van der Waals surface area contributed by atoms with Crippen molar-refractivity contribution in [3.63, 3.8) is 0 Å². The minimum absolute atomic E-state index is 0.580. The summed E-state index contributed by atoms with van der Waals surface area (Å²) in [5.41, 5.74) is 3.57. The van der Waals surface area contributed by atoms with Crippen molar-refractivity contribution in [2.75, 3.05) is 0 Å². The van der Waals surface area contributed by atoms with Gasteiger partial charge >= 0.3 is 0 Å². The second-order valence-corrected chi connectivity index (χ2v) is 5.80. The summed E-state index contributed by atoms with van der Waals surface area (Å²) in [4.78, 5) is 12.4. The lowest BCUT2D eigenvalue weighted by atomic mass is 10.1. The lowest BCUT2D eigenvalue weighted by molar-refractivity contribution is -0.742. The van der Waals surface area contributed by atoms with E-state index in [0.29, 0.717) is 13.2 Å². The Balaban J connectivity index is 0.000000552. The monoisotopic (exact) mass is 375 g/mol. The zero-order chi connectivity index (χ0) is 18.8. The molecule has 2 aromatic carbocycles. The van der Waals surface area contributed by atoms with Crippen molar-refractivity contribution < 1.29 is 15.0 Å². The molecule has 0 fully saturated rings. The summed E-state index contributed by atoms with van der Waals surface area (Å²) in [6.07, 6.45) is 5.58. The van der Waals surface area contributed by atoms with E-state index in [4.69, 9.17) is 31.7 Å². The molecular formula is C18H18ClN3O4. The summed E-state index contributed by atoms with van der Waals surface area (Å²) in [7, 11) is 0. The molecule has 0 aliphatic heterocycles. The molecule has 0 saturated heterocycles. The van der Waals surface area contributed by atoms with E-state index < -0.39 is 5.09 Å². The third-order valence-electron chi connectivity index (χ3n) is 3.47. The van der Waals surface area contributed by atoms with E-state index in [-0.39, 0.29) is 0 Å². The van der Waals surface area contributed by atoms with E-state index in [1.807, 2.05) is 42.9 Å². The fraction of sp³-hybridized carbons (Fsp3) is 0.167. The van der Waals surface area contributed by atoms with E-state index in [9.17, 15) is 0 Å². The van der Waals surface area contributed by atoms with Gasteiger partial charge in [0.05, 0.1) is 19.5 Å². The highest BCUT2D eigenvalue weighted by Gasteiger charge is 2.03. The molecule has 1 aromatic heterocycles. The summed E-state index contributed by atoms with van der Waals surface area (Å²) in [6, 6.07) is 16.1. The van der Waals surface area contributed by atoms with Crippen molar-refractivity contribution in [3.8, 4) is 0 Å². The van der Waals surface area contributed by atoms with Crippen molar-refractivity contribution in [3.05, 3.63) is 99.1 Å². The number of ether oxygens (including phenoxy) is 1. The van der Waals surface area contributed by atoms with Gasteiger partial charge in [-0.05, 0) is 28.8 Å². The Labute approximate surface area is 155 Å². The van der Waals surface area contributed by atoms with Gasteiger partial charge in [0.25, 0.3) is 5.09 Å². The van der Waals surface area contributed by atoms with Gasteiger partial charge in [-0.3, -0.25) is 0 Å². The second-order valence-electron chi connectivity index (χ2n) is 5.36. The standard InChI is InChI=1S/C18H17ClN2O.HNO3/c19-18-7-5-15(6-8-18)12-22-13-17-4-2-1-3-16(17)11-21-10-9-20-14-21;2-1(3)4/h1-10,14H,11-13H2;(H,2,3,4). The molecule has 136 valence electrons. The maximum atomic E-state index is 8.36. The molecule has 0 atom stereocenters. The molecule has 0 amide bonds. The van der Waals surface area contributed by atoms with Crippen LogP contribution in [-0.2, 0) is 24.5 Å². The van der Waals surface area contributed by atoms with E-state index >= 15 is 0 Å². The third kappa shape index (κ3) is 6.92. The van der Waals surface area contributed by atoms with Crippen LogP contribution in [0.15, 0.2) is 67.3 Å². The topological polar surface area (TPSA) is 90.4 Å². The molecule has 0 aliphatic rings.